The normalized spacial score (nSPS) is 13.5. The summed E-state index contributed by atoms with van der Waals surface area (Å²) in [5, 5.41) is 31.5. The number of nitrogens with zero attached hydrogens (tertiary/aromatic N) is 6. The van der Waals surface area contributed by atoms with Crippen LogP contribution >= 0.6 is 11.6 Å². The Morgan fingerprint density at radius 3 is 2.30 bits per heavy atom. The van der Waals surface area contributed by atoms with E-state index < -0.39 is 0 Å². The molecule has 0 spiro atoms. The molecule has 30 heavy (non-hydrogen) atoms. The summed E-state index contributed by atoms with van der Waals surface area (Å²) in [6, 6.07) is 23.2. The van der Waals surface area contributed by atoms with Crippen LogP contribution in [-0.4, -0.2) is 9.97 Å². The lowest BCUT2D eigenvalue weighted by Gasteiger charge is -2.21. The minimum Gasteiger partial charge on any atom is -0.339 e. The zero-order valence-electron chi connectivity index (χ0n) is 15.5. The van der Waals surface area contributed by atoms with Crippen LogP contribution < -0.4 is 10.2 Å². The van der Waals surface area contributed by atoms with Crippen LogP contribution in [0, 0.1) is 34.0 Å². The highest BCUT2D eigenvalue weighted by Crippen LogP contribution is 2.40. The molecular formula is C22H12ClN7. The molecule has 2 aromatic carbocycles. The monoisotopic (exact) mass is 409 g/mol. The first-order chi connectivity index (χ1) is 14.7. The topological polar surface area (TPSA) is 112 Å². The molecule has 0 aliphatic carbocycles. The highest BCUT2D eigenvalue weighted by atomic mass is 35.5. The number of halogens is 1. The van der Waals surface area contributed by atoms with Crippen LogP contribution in [0.4, 0.5) is 11.4 Å². The maximum absolute atomic E-state index is 9.97. The molecule has 0 saturated carbocycles. The average molecular weight is 410 g/mol. The second-order valence-corrected chi connectivity index (χ2v) is 6.69. The molecule has 4 rings (SSSR count). The van der Waals surface area contributed by atoms with E-state index in [9.17, 15) is 10.5 Å². The number of benzene rings is 2. The first-order valence-electron chi connectivity index (χ1n) is 8.86. The molecule has 1 aliphatic rings. The molecule has 0 amide bonds. The van der Waals surface area contributed by atoms with Crippen LogP contribution in [0.2, 0.25) is 5.15 Å². The predicted octanol–water partition coefficient (Wildman–Crippen LogP) is 4.20. The molecule has 142 valence electrons. The predicted molar refractivity (Wildman–Crippen MR) is 112 cm³/mol. The molecule has 0 bridgehead atoms. The van der Waals surface area contributed by atoms with E-state index in [1.54, 1.807) is 6.07 Å². The third kappa shape index (κ3) is 3.29. The van der Waals surface area contributed by atoms with Crippen LogP contribution in [0.5, 0.6) is 0 Å². The molecule has 1 N–H and O–H groups in total. The van der Waals surface area contributed by atoms with Gasteiger partial charge in [0.25, 0.3) is 0 Å². The maximum atomic E-state index is 9.97. The van der Waals surface area contributed by atoms with Crippen molar-refractivity contribution in [3.8, 4) is 18.2 Å². The van der Waals surface area contributed by atoms with Crippen molar-refractivity contribution >= 4 is 28.5 Å². The fourth-order valence-electron chi connectivity index (χ4n) is 3.21. The van der Waals surface area contributed by atoms with Crippen LogP contribution in [0.25, 0.3) is 5.57 Å². The van der Waals surface area contributed by atoms with E-state index in [0.29, 0.717) is 12.4 Å². The second-order valence-electron chi connectivity index (χ2n) is 6.33. The summed E-state index contributed by atoms with van der Waals surface area (Å²) in [5.41, 5.74) is 2.56. The van der Waals surface area contributed by atoms with Crippen molar-refractivity contribution in [1.29, 1.82) is 15.8 Å². The summed E-state index contributed by atoms with van der Waals surface area (Å²) in [4.78, 5) is 10.1. The fraction of sp³-hybridized carbons (Fsp3) is 0.0455. The number of aromatic nitrogens is 2. The van der Waals surface area contributed by atoms with Gasteiger partial charge in [0, 0.05) is 6.54 Å². The van der Waals surface area contributed by atoms with E-state index in [4.69, 9.17) is 16.9 Å². The average Bonchev–Trinajstić information content (AvgIpc) is 3.14. The van der Waals surface area contributed by atoms with Gasteiger partial charge in [-0.25, -0.2) is 9.97 Å². The lowest BCUT2D eigenvalue weighted by atomic mass is 10.1. The third-order valence-electron chi connectivity index (χ3n) is 4.55. The van der Waals surface area contributed by atoms with Gasteiger partial charge in [-0.05, 0) is 17.7 Å². The van der Waals surface area contributed by atoms with Crippen LogP contribution in [0.3, 0.4) is 0 Å². The van der Waals surface area contributed by atoms with Gasteiger partial charge in [0.05, 0.1) is 11.4 Å². The maximum Gasteiger partial charge on any atom is 0.178 e. The Morgan fingerprint density at radius 1 is 0.933 bits per heavy atom. The fourth-order valence-corrected chi connectivity index (χ4v) is 3.43. The van der Waals surface area contributed by atoms with Crippen molar-refractivity contribution in [1.82, 2.24) is 9.97 Å². The summed E-state index contributed by atoms with van der Waals surface area (Å²) < 4.78 is 0. The lowest BCUT2D eigenvalue weighted by molar-refractivity contribution is 0.945. The standard InChI is InChI=1S/C22H12ClN7/c23-21-20(27-17(11-25)18(12-26)28-21)15(10-24)22-29-16-8-4-5-9-19(16)30(22)13-14-6-2-1-3-7-14/h1-9,29H,13H2/b22-15-. The molecule has 0 fully saturated rings. The quantitative estimate of drug-likeness (QED) is 0.645. The number of allylic oxidation sites excluding steroid dienone is 1. The van der Waals surface area contributed by atoms with Crippen molar-refractivity contribution in [3.63, 3.8) is 0 Å². The Bertz CT molecular complexity index is 1290. The summed E-state index contributed by atoms with van der Waals surface area (Å²) in [5.74, 6) is 0.479. The number of anilines is 2. The molecule has 1 aliphatic heterocycles. The van der Waals surface area contributed by atoms with Gasteiger partial charge in [0.15, 0.2) is 16.5 Å². The van der Waals surface area contributed by atoms with Crippen molar-refractivity contribution in [3.05, 3.63) is 88.2 Å². The highest BCUT2D eigenvalue weighted by molar-refractivity contribution is 6.31. The van der Waals surface area contributed by atoms with E-state index in [2.05, 4.69) is 21.4 Å². The minimum absolute atomic E-state index is 0.0445. The van der Waals surface area contributed by atoms with Gasteiger partial charge < -0.3 is 10.2 Å². The van der Waals surface area contributed by atoms with Gasteiger partial charge in [0.1, 0.15) is 35.3 Å². The molecule has 0 saturated heterocycles. The molecule has 0 radical (unpaired) electrons. The van der Waals surface area contributed by atoms with Crippen molar-refractivity contribution in [2.24, 2.45) is 0 Å². The van der Waals surface area contributed by atoms with Gasteiger partial charge in [0.2, 0.25) is 0 Å². The Kier molecular flexibility index (Phi) is 5.01. The van der Waals surface area contributed by atoms with E-state index in [1.165, 1.54) is 0 Å². The molecular weight excluding hydrogens is 398 g/mol. The Labute approximate surface area is 177 Å². The minimum atomic E-state index is -0.185. The Hall–Kier alpha value is -4.38. The number of nitriles is 3. The highest BCUT2D eigenvalue weighted by Gasteiger charge is 2.29. The first-order valence-corrected chi connectivity index (χ1v) is 9.24. The summed E-state index contributed by atoms with van der Waals surface area (Å²) in [6.07, 6.45) is 0. The third-order valence-corrected chi connectivity index (χ3v) is 4.82. The lowest BCUT2D eigenvalue weighted by Crippen LogP contribution is -2.22. The number of rotatable bonds is 3. The van der Waals surface area contributed by atoms with E-state index in [1.807, 2.05) is 65.6 Å². The van der Waals surface area contributed by atoms with Gasteiger partial charge in [-0.1, -0.05) is 54.1 Å². The SMILES string of the molecule is N#C/C(=C1\Nc2ccccc2N1Cc1ccccc1)c1nc(C#N)c(C#N)nc1Cl. The summed E-state index contributed by atoms with van der Waals surface area (Å²) in [6.45, 7) is 0.498. The molecule has 8 heteroatoms. The zero-order chi connectivity index (χ0) is 21.1. The van der Waals surface area contributed by atoms with Crippen LogP contribution in [-0.2, 0) is 6.54 Å². The zero-order valence-corrected chi connectivity index (χ0v) is 16.2. The molecule has 2 heterocycles. The van der Waals surface area contributed by atoms with Crippen molar-refractivity contribution in [2.45, 2.75) is 6.54 Å². The van der Waals surface area contributed by atoms with Crippen molar-refractivity contribution in [2.75, 3.05) is 10.2 Å². The number of para-hydroxylation sites is 2. The van der Waals surface area contributed by atoms with Crippen molar-refractivity contribution < 1.29 is 0 Å². The largest absolute Gasteiger partial charge is 0.339 e. The van der Waals surface area contributed by atoms with Gasteiger partial charge >= 0.3 is 0 Å². The van der Waals surface area contributed by atoms with E-state index >= 15 is 0 Å². The van der Waals surface area contributed by atoms with E-state index in [-0.39, 0.29) is 27.8 Å². The number of hydrogen-bond donors (Lipinski definition) is 1. The molecule has 0 unspecified atom stereocenters. The first kappa shape index (κ1) is 19.0. The van der Waals surface area contributed by atoms with Gasteiger partial charge in [-0.2, -0.15) is 15.8 Å². The summed E-state index contributed by atoms with van der Waals surface area (Å²) in [7, 11) is 0. The second kappa shape index (κ2) is 7.93. The smallest absolute Gasteiger partial charge is 0.178 e. The number of nitrogens with one attached hydrogen (secondary N) is 1. The Balaban J connectivity index is 1.90. The number of fused-ring (bicyclic) bond motifs is 1. The van der Waals surface area contributed by atoms with E-state index in [0.717, 1.165) is 16.9 Å². The van der Waals surface area contributed by atoms with Crippen LogP contribution in [0.1, 0.15) is 22.6 Å². The van der Waals surface area contributed by atoms with Crippen LogP contribution in [0.15, 0.2) is 60.4 Å². The molecule has 1 aromatic heterocycles. The molecule has 3 aromatic rings. The molecule has 0 atom stereocenters. The Morgan fingerprint density at radius 2 is 1.60 bits per heavy atom. The van der Waals surface area contributed by atoms with Gasteiger partial charge in [-0.15, -0.1) is 0 Å². The molecule has 7 nitrogen and oxygen atoms in total. The number of hydrogen-bond acceptors (Lipinski definition) is 7. The van der Waals surface area contributed by atoms with Gasteiger partial charge in [-0.3, -0.25) is 0 Å². The summed E-state index contributed by atoms with van der Waals surface area (Å²) >= 11 is 6.24.